The average Bonchev–Trinajstić information content (AvgIpc) is 2.86. The summed E-state index contributed by atoms with van der Waals surface area (Å²) in [4.78, 5) is 0. The first-order valence-corrected chi connectivity index (χ1v) is 8.13. The van der Waals surface area contributed by atoms with Gasteiger partial charge in [-0.2, -0.15) is 5.10 Å². The molecule has 2 heterocycles. The van der Waals surface area contributed by atoms with Gasteiger partial charge < -0.3 is 9.73 Å². The van der Waals surface area contributed by atoms with Gasteiger partial charge in [-0.15, -0.1) is 0 Å². The molecule has 0 aliphatic carbocycles. The van der Waals surface area contributed by atoms with Crippen molar-refractivity contribution in [2.45, 2.75) is 46.6 Å². The van der Waals surface area contributed by atoms with Gasteiger partial charge in [-0.1, -0.05) is 6.92 Å². The van der Waals surface area contributed by atoms with E-state index in [1.807, 2.05) is 32.6 Å². The lowest BCUT2D eigenvalue weighted by atomic mass is 9.98. The van der Waals surface area contributed by atoms with Crippen molar-refractivity contribution in [2.75, 3.05) is 7.05 Å². The lowest BCUT2D eigenvalue weighted by Gasteiger charge is -2.17. The molecule has 0 aromatic carbocycles. The fraction of sp³-hybridized carbons (Fsp3) is 0.562. The van der Waals surface area contributed by atoms with E-state index in [2.05, 4.69) is 40.2 Å². The van der Waals surface area contributed by atoms with Gasteiger partial charge in [0.15, 0.2) is 0 Å². The Morgan fingerprint density at radius 2 is 1.95 bits per heavy atom. The van der Waals surface area contributed by atoms with Crippen molar-refractivity contribution in [1.82, 2.24) is 15.1 Å². The maximum atomic E-state index is 5.78. The molecule has 0 fully saturated rings. The van der Waals surface area contributed by atoms with Gasteiger partial charge in [0.05, 0.1) is 15.9 Å². The van der Waals surface area contributed by atoms with Crippen LogP contribution in [0.15, 0.2) is 8.89 Å². The fourth-order valence-electron chi connectivity index (χ4n) is 2.90. The van der Waals surface area contributed by atoms with E-state index in [4.69, 9.17) is 4.42 Å². The highest BCUT2D eigenvalue weighted by Crippen LogP contribution is 2.31. The number of hydrogen-bond donors (Lipinski definition) is 1. The van der Waals surface area contributed by atoms with E-state index in [0.717, 1.165) is 34.5 Å². The largest absolute Gasteiger partial charge is 0.466 e. The minimum Gasteiger partial charge on any atom is -0.466 e. The Balaban J connectivity index is 2.38. The van der Waals surface area contributed by atoms with Gasteiger partial charge in [0, 0.05) is 25.1 Å². The van der Waals surface area contributed by atoms with Gasteiger partial charge >= 0.3 is 0 Å². The number of aromatic nitrogens is 2. The van der Waals surface area contributed by atoms with E-state index < -0.39 is 0 Å². The predicted octanol–water partition coefficient (Wildman–Crippen LogP) is 3.77. The molecular formula is C16H24BrN3O. The normalized spacial score (nSPS) is 12.9. The van der Waals surface area contributed by atoms with Crippen LogP contribution in [0, 0.1) is 20.8 Å². The maximum Gasteiger partial charge on any atom is 0.106 e. The van der Waals surface area contributed by atoms with E-state index >= 15 is 0 Å². The van der Waals surface area contributed by atoms with Gasteiger partial charge in [-0.25, -0.2) is 0 Å². The fourth-order valence-corrected chi connectivity index (χ4v) is 3.68. The van der Waals surface area contributed by atoms with E-state index in [1.54, 1.807) is 0 Å². The molecule has 0 aliphatic heterocycles. The minimum absolute atomic E-state index is 0.221. The summed E-state index contributed by atoms with van der Waals surface area (Å²) in [5, 5.41) is 8.00. The zero-order chi connectivity index (χ0) is 15.7. The summed E-state index contributed by atoms with van der Waals surface area (Å²) >= 11 is 3.70. The first-order valence-electron chi connectivity index (χ1n) is 7.34. The van der Waals surface area contributed by atoms with E-state index in [9.17, 15) is 0 Å². The zero-order valence-corrected chi connectivity index (χ0v) is 15.3. The third kappa shape index (κ3) is 2.94. The Morgan fingerprint density at radius 3 is 2.38 bits per heavy atom. The van der Waals surface area contributed by atoms with Crippen molar-refractivity contribution in [1.29, 1.82) is 0 Å². The molecule has 1 N–H and O–H groups in total. The van der Waals surface area contributed by atoms with Crippen molar-refractivity contribution < 1.29 is 4.42 Å². The number of rotatable bonds is 5. The number of aryl methyl sites for hydroxylation is 4. The molecule has 0 bridgehead atoms. The molecule has 0 saturated heterocycles. The molecule has 2 rings (SSSR count). The lowest BCUT2D eigenvalue weighted by molar-refractivity contribution is 0.487. The number of furan rings is 1. The molecule has 5 heteroatoms. The topological polar surface area (TPSA) is 43.0 Å². The van der Waals surface area contributed by atoms with Crippen LogP contribution in [0.4, 0.5) is 0 Å². The van der Waals surface area contributed by atoms with Gasteiger partial charge in [0.1, 0.15) is 11.5 Å². The third-order valence-electron chi connectivity index (χ3n) is 4.21. The second-order valence-electron chi connectivity index (χ2n) is 5.48. The second kappa shape index (κ2) is 6.36. The average molecular weight is 354 g/mol. The molecule has 0 amide bonds. The summed E-state index contributed by atoms with van der Waals surface area (Å²) < 4.78 is 8.88. The number of nitrogens with one attached hydrogen (secondary N) is 1. The van der Waals surface area contributed by atoms with Crippen molar-refractivity contribution >= 4 is 15.9 Å². The van der Waals surface area contributed by atoms with Gasteiger partial charge in [0.25, 0.3) is 0 Å². The van der Waals surface area contributed by atoms with Gasteiger partial charge in [0.2, 0.25) is 0 Å². The smallest absolute Gasteiger partial charge is 0.106 e. The van der Waals surface area contributed by atoms with Crippen LogP contribution in [0.25, 0.3) is 0 Å². The first-order chi connectivity index (χ1) is 9.90. The van der Waals surface area contributed by atoms with Crippen LogP contribution >= 0.6 is 15.9 Å². The molecule has 2 aromatic heterocycles. The molecule has 0 radical (unpaired) electrons. The molecule has 116 valence electrons. The van der Waals surface area contributed by atoms with Crippen molar-refractivity contribution in [3.63, 3.8) is 0 Å². The van der Waals surface area contributed by atoms with Crippen LogP contribution < -0.4 is 5.32 Å². The van der Waals surface area contributed by atoms with E-state index in [0.29, 0.717) is 0 Å². The van der Waals surface area contributed by atoms with Gasteiger partial charge in [-0.05, 0) is 55.7 Å². The summed E-state index contributed by atoms with van der Waals surface area (Å²) in [7, 11) is 4.00. The number of nitrogens with zero attached hydrogens (tertiary/aromatic N) is 2. The summed E-state index contributed by atoms with van der Waals surface area (Å²) in [6.07, 6.45) is 1.81. The molecule has 21 heavy (non-hydrogen) atoms. The molecule has 1 unspecified atom stereocenters. The highest BCUT2D eigenvalue weighted by atomic mass is 79.9. The number of halogens is 1. The Hall–Kier alpha value is -1.07. The van der Waals surface area contributed by atoms with Crippen LogP contribution in [0.2, 0.25) is 0 Å². The highest BCUT2D eigenvalue weighted by Gasteiger charge is 2.23. The lowest BCUT2D eigenvalue weighted by Crippen LogP contribution is -2.21. The molecule has 2 aromatic rings. The van der Waals surface area contributed by atoms with Crippen LogP contribution in [0.5, 0.6) is 0 Å². The Kier molecular flexibility index (Phi) is 4.94. The molecule has 4 nitrogen and oxygen atoms in total. The summed E-state index contributed by atoms with van der Waals surface area (Å²) in [5.74, 6) is 2.00. The summed E-state index contributed by atoms with van der Waals surface area (Å²) in [5.41, 5.74) is 4.82. The Bertz CT molecular complexity index is 642. The van der Waals surface area contributed by atoms with Crippen molar-refractivity contribution in [3.05, 3.63) is 38.5 Å². The minimum atomic E-state index is 0.221. The molecule has 0 spiro atoms. The van der Waals surface area contributed by atoms with E-state index in [-0.39, 0.29) is 6.04 Å². The van der Waals surface area contributed by atoms with Crippen molar-refractivity contribution in [3.8, 4) is 0 Å². The van der Waals surface area contributed by atoms with E-state index in [1.165, 1.54) is 16.8 Å². The van der Waals surface area contributed by atoms with Crippen LogP contribution in [-0.2, 0) is 19.9 Å². The number of hydrogen-bond acceptors (Lipinski definition) is 3. The maximum absolute atomic E-state index is 5.78. The van der Waals surface area contributed by atoms with Gasteiger partial charge in [-0.3, -0.25) is 4.68 Å². The Labute approximate surface area is 135 Å². The standard InChI is InChI=1S/C16H24BrN3O/c1-7-12-16(17)14(20(6)19-12)8-13(18-5)15-9(2)10(3)21-11(15)4/h13,18H,7-8H2,1-6H3. The molecular weight excluding hydrogens is 330 g/mol. The monoisotopic (exact) mass is 353 g/mol. The van der Waals surface area contributed by atoms with Crippen LogP contribution in [0.1, 0.15) is 47.0 Å². The van der Waals surface area contributed by atoms with Crippen LogP contribution in [-0.4, -0.2) is 16.8 Å². The SMILES string of the molecule is CCc1nn(C)c(CC(NC)c2c(C)oc(C)c2C)c1Br. The second-order valence-corrected chi connectivity index (χ2v) is 6.28. The quantitative estimate of drug-likeness (QED) is 0.889. The predicted molar refractivity (Wildman–Crippen MR) is 88.7 cm³/mol. The third-order valence-corrected chi connectivity index (χ3v) is 5.13. The Morgan fingerprint density at radius 1 is 1.29 bits per heavy atom. The van der Waals surface area contributed by atoms with Crippen molar-refractivity contribution in [2.24, 2.45) is 7.05 Å². The zero-order valence-electron chi connectivity index (χ0n) is 13.7. The summed E-state index contributed by atoms with van der Waals surface area (Å²) in [6.45, 7) is 8.31. The van der Waals surface area contributed by atoms with Crippen LogP contribution in [0.3, 0.4) is 0 Å². The summed E-state index contributed by atoms with van der Waals surface area (Å²) in [6, 6.07) is 0.221. The molecule has 1 atom stereocenters. The molecule has 0 saturated carbocycles. The number of likely N-dealkylation sites (N-methyl/N-ethyl adjacent to an activating group) is 1. The highest BCUT2D eigenvalue weighted by molar-refractivity contribution is 9.10. The molecule has 0 aliphatic rings. The first kappa shape index (κ1) is 16.3.